The molecule has 1 aliphatic rings. The molecule has 0 unspecified atom stereocenters. The van der Waals surface area contributed by atoms with Crippen molar-refractivity contribution < 1.29 is 19.8 Å². The van der Waals surface area contributed by atoms with E-state index in [0.29, 0.717) is 6.54 Å². The fraction of sp³-hybridized carbons (Fsp3) is 0.429. The van der Waals surface area contributed by atoms with Crippen LogP contribution >= 0.6 is 0 Å². The number of aryl methyl sites for hydroxylation is 1. The predicted molar refractivity (Wildman–Crippen MR) is 73.8 cm³/mol. The van der Waals surface area contributed by atoms with E-state index < -0.39 is 24.6 Å². The van der Waals surface area contributed by atoms with Gasteiger partial charge in [-0.1, -0.05) is 18.2 Å². The first-order valence-electron chi connectivity index (χ1n) is 6.63. The van der Waals surface area contributed by atoms with Crippen LogP contribution < -0.4 is 10.2 Å². The van der Waals surface area contributed by atoms with Gasteiger partial charge < -0.3 is 15.5 Å². The SMILES string of the molecule is O=C(O)[C@H](CO)NC(=O)N1CCCCc2ccccc21. The van der Waals surface area contributed by atoms with Gasteiger partial charge in [0.15, 0.2) is 6.04 Å². The van der Waals surface area contributed by atoms with Crippen LogP contribution in [0.3, 0.4) is 0 Å². The van der Waals surface area contributed by atoms with Crippen LogP contribution in [0.1, 0.15) is 18.4 Å². The smallest absolute Gasteiger partial charge is 0.328 e. The van der Waals surface area contributed by atoms with Crippen molar-refractivity contribution in [1.82, 2.24) is 5.32 Å². The Morgan fingerprint density at radius 1 is 1.30 bits per heavy atom. The topological polar surface area (TPSA) is 89.9 Å². The Labute approximate surface area is 117 Å². The number of aliphatic hydroxyl groups is 1. The number of fused-ring (bicyclic) bond motifs is 1. The quantitative estimate of drug-likeness (QED) is 0.769. The van der Waals surface area contributed by atoms with Gasteiger partial charge in [-0.15, -0.1) is 0 Å². The van der Waals surface area contributed by atoms with Gasteiger partial charge in [0.1, 0.15) is 0 Å². The molecule has 0 saturated heterocycles. The third-order valence-electron chi connectivity index (χ3n) is 3.38. The maximum absolute atomic E-state index is 12.2. The Bertz CT molecular complexity index is 504. The van der Waals surface area contributed by atoms with E-state index in [1.165, 1.54) is 0 Å². The number of urea groups is 1. The minimum Gasteiger partial charge on any atom is -0.480 e. The molecule has 6 nitrogen and oxygen atoms in total. The van der Waals surface area contributed by atoms with Crippen LogP contribution in [0.2, 0.25) is 0 Å². The summed E-state index contributed by atoms with van der Waals surface area (Å²) in [6.45, 7) is -0.0861. The van der Waals surface area contributed by atoms with Crippen molar-refractivity contribution in [3.05, 3.63) is 29.8 Å². The molecule has 2 amide bonds. The molecule has 0 spiro atoms. The van der Waals surface area contributed by atoms with Gasteiger partial charge >= 0.3 is 12.0 Å². The zero-order valence-corrected chi connectivity index (χ0v) is 11.1. The summed E-state index contributed by atoms with van der Waals surface area (Å²) in [5, 5.41) is 20.2. The number of hydrogen-bond acceptors (Lipinski definition) is 3. The first-order chi connectivity index (χ1) is 9.63. The van der Waals surface area contributed by atoms with E-state index in [4.69, 9.17) is 10.2 Å². The molecule has 1 aromatic rings. The lowest BCUT2D eigenvalue weighted by molar-refractivity contribution is -0.140. The normalized spacial score (nSPS) is 15.9. The summed E-state index contributed by atoms with van der Waals surface area (Å²) >= 11 is 0. The highest BCUT2D eigenvalue weighted by atomic mass is 16.4. The van der Waals surface area contributed by atoms with Gasteiger partial charge in [-0.05, 0) is 30.9 Å². The number of nitrogens with one attached hydrogen (secondary N) is 1. The lowest BCUT2D eigenvalue weighted by atomic mass is 10.1. The molecule has 20 heavy (non-hydrogen) atoms. The molecule has 0 fully saturated rings. The molecule has 1 aromatic carbocycles. The lowest BCUT2D eigenvalue weighted by Crippen LogP contribution is -2.50. The van der Waals surface area contributed by atoms with E-state index in [1.54, 1.807) is 4.90 Å². The summed E-state index contributed by atoms with van der Waals surface area (Å²) in [7, 11) is 0. The van der Waals surface area contributed by atoms with E-state index in [2.05, 4.69) is 5.32 Å². The number of amides is 2. The summed E-state index contributed by atoms with van der Waals surface area (Å²) in [5.41, 5.74) is 1.89. The van der Waals surface area contributed by atoms with Crippen LogP contribution in [0.4, 0.5) is 10.5 Å². The molecule has 6 heteroatoms. The first kappa shape index (κ1) is 14.3. The van der Waals surface area contributed by atoms with Gasteiger partial charge in [0, 0.05) is 12.2 Å². The molecule has 2 rings (SSSR count). The Morgan fingerprint density at radius 3 is 2.75 bits per heavy atom. The average molecular weight is 278 g/mol. The number of carboxylic acid groups (broad SMARTS) is 1. The van der Waals surface area contributed by atoms with Crippen molar-refractivity contribution in [2.45, 2.75) is 25.3 Å². The monoisotopic (exact) mass is 278 g/mol. The number of aliphatic carboxylic acids is 1. The maximum atomic E-state index is 12.2. The number of carbonyl (C=O) groups is 2. The number of aliphatic hydroxyl groups excluding tert-OH is 1. The van der Waals surface area contributed by atoms with Crippen LogP contribution in [0.5, 0.6) is 0 Å². The Morgan fingerprint density at radius 2 is 2.05 bits per heavy atom. The van der Waals surface area contributed by atoms with Gasteiger partial charge in [-0.3, -0.25) is 4.90 Å². The second-order valence-corrected chi connectivity index (χ2v) is 4.76. The second-order valence-electron chi connectivity index (χ2n) is 4.76. The fourth-order valence-electron chi connectivity index (χ4n) is 2.31. The van der Waals surface area contributed by atoms with Crippen molar-refractivity contribution in [1.29, 1.82) is 0 Å². The molecule has 0 bridgehead atoms. The van der Waals surface area contributed by atoms with Crippen LogP contribution in [0.25, 0.3) is 0 Å². The number of carbonyl (C=O) groups excluding carboxylic acids is 1. The molecule has 0 saturated carbocycles. The molecule has 1 aliphatic heterocycles. The molecular formula is C14H18N2O4. The minimum atomic E-state index is -1.28. The van der Waals surface area contributed by atoms with Crippen LogP contribution in [-0.2, 0) is 11.2 Å². The molecule has 1 atom stereocenters. The number of para-hydroxylation sites is 1. The van der Waals surface area contributed by atoms with E-state index in [0.717, 1.165) is 30.5 Å². The van der Waals surface area contributed by atoms with Crippen molar-refractivity contribution in [3.63, 3.8) is 0 Å². The van der Waals surface area contributed by atoms with Crippen molar-refractivity contribution >= 4 is 17.7 Å². The fourth-order valence-corrected chi connectivity index (χ4v) is 2.31. The largest absolute Gasteiger partial charge is 0.480 e. The number of carboxylic acids is 1. The van der Waals surface area contributed by atoms with Gasteiger partial charge in [0.05, 0.1) is 6.61 Å². The molecule has 0 aliphatic carbocycles. The van der Waals surface area contributed by atoms with Crippen molar-refractivity contribution in [3.8, 4) is 0 Å². The van der Waals surface area contributed by atoms with Crippen LogP contribution in [-0.4, -0.2) is 41.4 Å². The van der Waals surface area contributed by atoms with Gasteiger partial charge in [-0.2, -0.15) is 0 Å². The third kappa shape index (κ3) is 3.08. The van der Waals surface area contributed by atoms with Gasteiger partial charge in [0.25, 0.3) is 0 Å². The first-order valence-corrected chi connectivity index (χ1v) is 6.63. The summed E-state index contributed by atoms with van der Waals surface area (Å²) in [4.78, 5) is 24.6. The average Bonchev–Trinajstić information content (AvgIpc) is 2.66. The summed E-state index contributed by atoms with van der Waals surface area (Å²) < 4.78 is 0. The molecular weight excluding hydrogens is 260 g/mol. The van der Waals surface area contributed by atoms with E-state index >= 15 is 0 Å². The zero-order valence-electron chi connectivity index (χ0n) is 11.1. The number of anilines is 1. The third-order valence-corrected chi connectivity index (χ3v) is 3.38. The van der Waals surface area contributed by atoms with E-state index in [9.17, 15) is 9.59 Å². The van der Waals surface area contributed by atoms with Crippen molar-refractivity contribution in [2.75, 3.05) is 18.1 Å². The number of hydrogen-bond donors (Lipinski definition) is 3. The zero-order chi connectivity index (χ0) is 14.5. The highest BCUT2D eigenvalue weighted by Gasteiger charge is 2.25. The highest BCUT2D eigenvalue weighted by Crippen LogP contribution is 2.26. The maximum Gasteiger partial charge on any atom is 0.328 e. The Kier molecular flexibility index (Phi) is 4.57. The second kappa shape index (κ2) is 6.38. The Balaban J connectivity index is 2.19. The van der Waals surface area contributed by atoms with E-state index in [-0.39, 0.29) is 0 Å². The highest BCUT2D eigenvalue weighted by molar-refractivity contribution is 5.95. The molecule has 3 N–H and O–H groups in total. The van der Waals surface area contributed by atoms with Crippen LogP contribution in [0.15, 0.2) is 24.3 Å². The van der Waals surface area contributed by atoms with Gasteiger partial charge in [0.2, 0.25) is 0 Å². The molecule has 0 radical (unpaired) electrons. The number of nitrogens with zero attached hydrogens (tertiary/aromatic N) is 1. The minimum absolute atomic E-state index is 0.485. The Hall–Kier alpha value is -2.08. The molecule has 0 aromatic heterocycles. The molecule has 1 heterocycles. The standard InChI is InChI=1S/C14H18N2O4/c17-9-11(13(18)19)15-14(20)16-8-4-3-6-10-5-1-2-7-12(10)16/h1-2,5,7,11,17H,3-4,6,8-9H2,(H,15,20)(H,18,19)/t11-/m0/s1. The lowest BCUT2D eigenvalue weighted by Gasteiger charge is -2.24. The van der Waals surface area contributed by atoms with E-state index in [1.807, 2.05) is 24.3 Å². The summed E-state index contributed by atoms with van der Waals surface area (Å²) in [5.74, 6) is -1.25. The predicted octanol–water partition coefficient (Wildman–Crippen LogP) is 0.984. The van der Waals surface area contributed by atoms with Crippen LogP contribution in [0, 0.1) is 0 Å². The van der Waals surface area contributed by atoms with Gasteiger partial charge in [-0.25, -0.2) is 9.59 Å². The van der Waals surface area contributed by atoms with Crippen molar-refractivity contribution in [2.24, 2.45) is 0 Å². The molecule has 108 valence electrons. The number of benzene rings is 1. The summed E-state index contributed by atoms with van der Waals surface area (Å²) in [6.07, 6.45) is 2.75. The number of rotatable bonds is 3. The summed E-state index contributed by atoms with van der Waals surface area (Å²) in [6, 6.07) is 5.84.